The predicted octanol–water partition coefficient (Wildman–Crippen LogP) is 1.33. The number of aromatic nitrogens is 3. The van der Waals surface area contributed by atoms with E-state index in [9.17, 15) is 13.6 Å². The maximum atomic E-state index is 13.3. The average Bonchev–Trinajstić information content (AvgIpc) is 2.68. The van der Waals surface area contributed by atoms with Crippen LogP contribution in [0.3, 0.4) is 0 Å². The molecule has 5 nitrogen and oxygen atoms in total. The van der Waals surface area contributed by atoms with Gasteiger partial charge in [-0.2, -0.15) is 9.49 Å². The van der Waals surface area contributed by atoms with Crippen LogP contribution in [0.2, 0.25) is 0 Å². The monoisotopic (exact) mass is 266 g/mol. The molecule has 7 heteroatoms. The Kier molecular flexibility index (Phi) is 3.55. The molecule has 0 aromatic carbocycles. The van der Waals surface area contributed by atoms with Crippen LogP contribution < -0.4 is 5.32 Å². The highest BCUT2D eigenvalue weighted by atomic mass is 19.2. The molecule has 2 aromatic heterocycles. The van der Waals surface area contributed by atoms with Crippen LogP contribution in [0.25, 0.3) is 0 Å². The lowest BCUT2D eigenvalue weighted by Crippen LogP contribution is -2.24. The van der Waals surface area contributed by atoms with E-state index in [-0.39, 0.29) is 12.1 Å². The number of halogens is 2. The van der Waals surface area contributed by atoms with Crippen molar-refractivity contribution < 1.29 is 13.6 Å². The number of amides is 1. The molecule has 0 saturated heterocycles. The van der Waals surface area contributed by atoms with Gasteiger partial charge in [-0.15, -0.1) is 0 Å². The molecular weight excluding hydrogens is 254 g/mol. The van der Waals surface area contributed by atoms with Crippen LogP contribution >= 0.6 is 0 Å². The van der Waals surface area contributed by atoms with E-state index in [0.717, 1.165) is 23.5 Å². The Balaban J connectivity index is 2.10. The molecule has 1 amide bonds. The molecule has 0 spiro atoms. The van der Waals surface area contributed by atoms with Crippen LogP contribution in [0, 0.1) is 18.7 Å². The van der Waals surface area contributed by atoms with Gasteiger partial charge in [-0.1, -0.05) is 0 Å². The molecule has 0 aliphatic heterocycles. The van der Waals surface area contributed by atoms with Crippen molar-refractivity contribution in [3.05, 3.63) is 47.0 Å². The summed E-state index contributed by atoms with van der Waals surface area (Å²) >= 11 is 0. The van der Waals surface area contributed by atoms with Gasteiger partial charge in [0.2, 0.25) is 5.95 Å². The molecule has 100 valence electrons. The van der Waals surface area contributed by atoms with E-state index < -0.39 is 17.7 Å². The lowest BCUT2D eigenvalue weighted by molar-refractivity contribution is 0.0945. The third kappa shape index (κ3) is 2.75. The summed E-state index contributed by atoms with van der Waals surface area (Å²) in [4.78, 5) is 14.9. The standard InChI is InChI=1S/C12H12F2N4O/c1-7-8(6-18(2)17-7)5-16-12(19)9-3-4-15-11(14)10(9)13/h3-4,6H,5H2,1-2H3,(H,16,19). The molecule has 0 radical (unpaired) electrons. The van der Waals surface area contributed by atoms with Crippen LogP contribution in [-0.2, 0) is 13.6 Å². The van der Waals surface area contributed by atoms with Crippen molar-refractivity contribution in [2.75, 3.05) is 0 Å². The summed E-state index contributed by atoms with van der Waals surface area (Å²) in [6, 6.07) is 1.13. The second-order valence-corrected chi connectivity index (χ2v) is 4.06. The van der Waals surface area contributed by atoms with Crippen LogP contribution in [0.4, 0.5) is 8.78 Å². The Labute approximate surface area is 108 Å². The molecular formula is C12H12F2N4O. The van der Waals surface area contributed by atoms with E-state index in [1.54, 1.807) is 24.9 Å². The molecule has 0 aliphatic carbocycles. The molecule has 2 rings (SSSR count). The van der Waals surface area contributed by atoms with Gasteiger partial charge in [0, 0.05) is 31.5 Å². The Morgan fingerprint density at radius 1 is 1.47 bits per heavy atom. The smallest absolute Gasteiger partial charge is 0.254 e. The highest BCUT2D eigenvalue weighted by molar-refractivity contribution is 5.94. The van der Waals surface area contributed by atoms with Crippen molar-refractivity contribution in [1.82, 2.24) is 20.1 Å². The van der Waals surface area contributed by atoms with Crippen molar-refractivity contribution in [1.29, 1.82) is 0 Å². The zero-order valence-electron chi connectivity index (χ0n) is 10.4. The predicted molar refractivity (Wildman–Crippen MR) is 63.3 cm³/mol. The van der Waals surface area contributed by atoms with E-state index in [1.807, 2.05) is 0 Å². The van der Waals surface area contributed by atoms with Crippen molar-refractivity contribution in [2.24, 2.45) is 7.05 Å². The Bertz CT molecular complexity index is 624. The quantitative estimate of drug-likeness (QED) is 0.853. The van der Waals surface area contributed by atoms with Crippen LogP contribution in [0.5, 0.6) is 0 Å². The lowest BCUT2D eigenvalue weighted by atomic mass is 10.2. The topological polar surface area (TPSA) is 59.8 Å². The number of nitrogens with one attached hydrogen (secondary N) is 1. The molecule has 0 atom stereocenters. The van der Waals surface area contributed by atoms with Crippen LogP contribution in [0.15, 0.2) is 18.5 Å². The fourth-order valence-corrected chi connectivity index (χ4v) is 1.69. The number of aryl methyl sites for hydroxylation is 2. The van der Waals surface area contributed by atoms with Crippen molar-refractivity contribution in [2.45, 2.75) is 13.5 Å². The van der Waals surface area contributed by atoms with Gasteiger partial charge in [0.1, 0.15) is 0 Å². The SMILES string of the molecule is Cc1nn(C)cc1CNC(=O)c1ccnc(F)c1F. The first kappa shape index (κ1) is 13.1. The highest BCUT2D eigenvalue weighted by Gasteiger charge is 2.16. The minimum absolute atomic E-state index is 0.196. The van der Waals surface area contributed by atoms with Gasteiger partial charge in [-0.25, -0.2) is 9.37 Å². The number of rotatable bonds is 3. The number of hydrogen-bond donors (Lipinski definition) is 1. The molecule has 2 heterocycles. The third-order valence-electron chi connectivity index (χ3n) is 2.65. The number of pyridine rings is 1. The van der Waals surface area contributed by atoms with E-state index in [1.165, 1.54) is 0 Å². The van der Waals surface area contributed by atoms with Gasteiger partial charge in [-0.3, -0.25) is 9.48 Å². The number of carbonyl (C=O) groups is 1. The van der Waals surface area contributed by atoms with E-state index in [2.05, 4.69) is 15.4 Å². The van der Waals surface area contributed by atoms with Crippen molar-refractivity contribution in [3.63, 3.8) is 0 Å². The summed E-state index contributed by atoms with van der Waals surface area (Å²) in [5.41, 5.74) is 1.21. The molecule has 0 bridgehead atoms. The molecule has 0 saturated carbocycles. The molecule has 1 N–H and O–H groups in total. The zero-order chi connectivity index (χ0) is 14.0. The van der Waals surface area contributed by atoms with Crippen molar-refractivity contribution in [3.8, 4) is 0 Å². The summed E-state index contributed by atoms with van der Waals surface area (Å²) < 4.78 is 27.9. The minimum Gasteiger partial charge on any atom is -0.348 e. The van der Waals surface area contributed by atoms with E-state index >= 15 is 0 Å². The summed E-state index contributed by atoms with van der Waals surface area (Å²) in [6.07, 6.45) is 2.79. The second kappa shape index (κ2) is 5.13. The lowest BCUT2D eigenvalue weighted by Gasteiger charge is -2.05. The molecule has 0 fully saturated rings. The third-order valence-corrected chi connectivity index (χ3v) is 2.65. The average molecular weight is 266 g/mol. The maximum Gasteiger partial charge on any atom is 0.254 e. The summed E-state index contributed by atoms with van der Waals surface area (Å²) in [5.74, 6) is -3.23. The zero-order valence-corrected chi connectivity index (χ0v) is 10.4. The first-order valence-corrected chi connectivity index (χ1v) is 5.56. The van der Waals surface area contributed by atoms with Gasteiger partial charge in [0.05, 0.1) is 11.3 Å². The van der Waals surface area contributed by atoms with Gasteiger partial charge < -0.3 is 5.32 Å². The fraction of sp³-hybridized carbons (Fsp3) is 0.250. The number of nitrogens with zero attached hydrogens (tertiary/aromatic N) is 3. The summed E-state index contributed by atoms with van der Waals surface area (Å²) in [7, 11) is 1.76. The van der Waals surface area contributed by atoms with Crippen molar-refractivity contribution >= 4 is 5.91 Å². The molecule has 19 heavy (non-hydrogen) atoms. The number of hydrogen-bond acceptors (Lipinski definition) is 3. The Morgan fingerprint density at radius 3 is 2.84 bits per heavy atom. The Morgan fingerprint density at radius 2 is 2.21 bits per heavy atom. The summed E-state index contributed by atoms with van der Waals surface area (Å²) in [5, 5.41) is 6.63. The van der Waals surface area contributed by atoms with Gasteiger partial charge >= 0.3 is 0 Å². The van der Waals surface area contributed by atoms with Crippen LogP contribution in [0.1, 0.15) is 21.6 Å². The first-order valence-electron chi connectivity index (χ1n) is 5.56. The maximum absolute atomic E-state index is 13.3. The van der Waals surface area contributed by atoms with Gasteiger partial charge in [0.15, 0.2) is 5.82 Å². The van der Waals surface area contributed by atoms with E-state index in [4.69, 9.17) is 0 Å². The largest absolute Gasteiger partial charge is 0.348 e. The van der Waals surface area contributed by atoms with E-state index in [0.29, 0.717) is 0 Å². The molecule has 0 unspecified atom stereocenters. The Hall–Kier alpha value is -2.31. The summed E-state index contributed by atoms with van der Waals surface area (Å²) in [6.45, 7) is 2.00. The first-order chi connectivity index (χ1) is 8.99. The van der Waals surface area contributed by atoms with Crippen LogP contribution in [-0.4, -0.2) is 20.7 Å². The second-order valence-electron chi connectivity index (χ2n) is 4.06. The normalized spacial score (nSPS) is 10.5. The number of carbonyl (C=O) groups excluding carboxylic acids is 1. The van der Waals surface area contributed by atoms with Gasteiger partial charge in [-0.05, 0) is 13.0 Å². The minimum atomic E-state index is -1.29. The molecule has 0 aliphatic rings. The highest BCUT2D eigenvalue weighted by Crippen LogP contribution is 2.10. The molecule has 2 aromatic rings. The van der Waals surface area contributed by atoms with Gasteiger partial charge in [0.25, 0.3) is 5.91 Å². The fourth-order valence-electron chi connectivity index (χ4n) is 1.69.